The second-order valence-electron chi connectivity index (χ2n) is 7.47. The lowest BCUT2D eigenvalue weighted by molar-refractivity contribution is 0.0234. The second kappa shape index (κ2) is 6.90. The Morgan fingerprint density at radius 3 is 2.78 bits per heavy atom. The minimum absolute atomic E-state index is 0.187. The number of para-hydroxylation sites is 1. The van der Waals surface area contributed by atoms with Crippen molar-refractivity contribution in [1.82, 2.24) is 25.0 Å². The number of imidazole rings is 1. The van der Waals surface area contributed by atoms with Gasteiger partial charge in [-0.25, -0.2) is 9.59 Å². The fourth-order valence-corrected chi connectivity index (χ4v) is 2.60. The third-order valence-electron chi connectivity index (χ3n) is 4.07. The average molecular weight is 373 g/mol. The predicted molar refractivity (Wildman–Crippen MR) is 99.4 cm³/mol. The zero-order chi connectivity index (χ0) is 19.8. The first-order valence-corrected chi connectivity index (χ1v) is 8.64. The molecule has 0 aliphatic heterocycles. The summed E-state index contributed by atoms with van der Waals surface area (Å²) in [6, 6.07) is 5.18. The number of benzene rings is 1. The number of nitrogens with zero attached hydrogens (tertiary/aromatic N) is 3. The third kappa shape index (κ3) is 4.18. The fourth-order valence-electron chi connectivity index (χ4n) is 2.60. The van der Waals surface area contributed by atoms with Crippen molar-refractivity contribution in [2.45, 2.75) is 45.8 Å². The van der Waals surface area contributed by atoms with Crippen molar-refractivity contribution in [3.63, 3.8) is 0 Å². The van der Waals surface area contributed by atoms with Gasteiger partial charge < -0.3 is 24.1 Å². The van der Waals surface area contributed by atoms with E-state index in [9.17, 15) is 9.59 Å². The largest absolute Gasteiger partial charge is 0.444 e. The van der Waals surface area contributed by atoms with Crippen LogP contribution >= 0.6 is 0 Å². The number of amides is 1. The van der Waals surface area contributed by atoms with Gasteiger partial charge in [-0.3, -0.25) is 0 Å². The number of hydrogen-bond acceptors (Lipinski definition) is 6. The molecular formula is C18H23N5O4. The van der Waals surface area contributed by atoms with Crippen LogP contribution in [0.5, 0.6) is 0 Å². The zero-order valence-electron chi connectivity index (χ0n) is 16.0. The molecule has 2 N–H and O–H groups in total. The van der Waals surface area contributed by atoms with Gasteiger partial charge in [0.1, 0.15) is 5.60 Å². The summed E-state index contributed by atoms with van der Waals surface area (Å²) < 4.78 is 10.7. The SMILES string of the molecule is CC(Cc1noc(-c2cccc3[nH]c(=O)[nH]c23)n1)N(C)C(=O)OC(C)(C)C. The monoisotopic (exact) mass is 373 g/mol. The molecule has 27 heavy (non-hydrogen) atoms. The molecule has 0 aliphatic rings. The van der Waals surface area contributed by atoms with E-state index in [0.29, 0.717) is 34.7 Å². The lowest BCUT2D eigenvalue weighted by Gasteiger charge is -2.28. The highest BCUT2D eigenvalue weighted by molar-refractivity contribution is 5.89. The zero-order valence-corrected chi connectivity index (χ0v) is 16.0. The van der Waals surface area contributed by atoms with Crippen LogP contribution in [-0.4, -0.2) is 49.8 Å². The minimum atomic E-state index is -0.559. The van der Waals surface area contributed by atoms with Crippen molar-refractivity contribution >= 4 is 17.1 Å². The number of hydrogen-bond donors (Lipinski definition) is 2. The minimum Gasteiger partial charge on any atom is -0.444 e. The van der Waals surface area contributed by atoms with Crippen LogP contribution in [0.25, 0.3) is 22.5 Å². The van der Waals surface area contributed by atoms with Crippen molar-refractivity contribution in [3.05, 3.63) is 34.5 Å². The van der Waals surface area contributed by atoms with Gasteiger partial charge in [-0.2, -0.15) is 4.98 Å². The Morgan fingerprint density at radius 2 is 2.07 bits per heavy atom. The van der Waals surface area contributed by atoms with Gasteiger partial charge in [-0.1, -0.05) is 11.2 Å². The Morgan fingerprint density at radius 1 is 1.33 bits per heavy atom. The summed E-state index contributed by atoms with van der Waals surface area (Å²) >= 11 is 0. The standard InChI is InChI=1S/C18H23N5O4/c1-10(23(5)17(25)26-18(2,3)4)9-13-20-15(27-22-13)11-7-6-8-12-14(11)21-16(24)19-12/h6-8,10H,9H2,1-5H3,(H2,19,21,24). The lowest BCUT2D eigenvalue weighted by Crippen LogP contribution is -2.40. The van der Waals surface area contributed by atoms with Crippen molar-refractivity contribution in [2.24, 2.45) is 0 Å². The smallest absolute Gasteiger partial charge is 0.410 e. The molecule has 1 amide bonds. The molecule has 144 valence electrons. The number of aromatic amines is 2. The molecule has 9 heteroatoms. The highest BCUT2D eigenvalue weighted by Gasteiger charge is 2.24. The molecular weight excluding hydrogens is 350 g/mol. The first-order chi connectivity index (χ1) is 12.6. The van der Waals surface area contributed by atoms with Gasteiger partial charge in [0.2, 0.25) is 0 Å². The van der Waals surface area contributed by atoms with Gasteiger partial charge in [0.15, 0.2) is 5.82 Å². The Balaban J connectivity index is 1.76. The fraction of sp³-hybridized carbons (Fsp3) is 0.444. The van der Waals surface area contributed by atoms with E-state index in [1.807, 2.05) is 27.7 Å². The summed E-state index contributed by atoms with van der Waals surface area (Å²) in [5, 5.41) is 4.00. The normalized spacial score (nSPS) is 12.9. The van der Waals surface area contributed by atoms with Crippen molar-refractivity contribution in [2.75, 3.05) is 7.05 Å². The molecule has 1 aromatic carbocycles. The highest BCUT2D eigenvalue weighted by atomic mass is 16.6. The molecule has 0 bridgehead atoms. The molecule has 1 atom stereocenters. The number of ether oxygens (including phenoxy) is 1. The molecule has 0 radical (unpaired) electrons. The van der Waals surface area contributed by atoms with E-state index in [1.165, 1.54) is 4.90 Å². The van der Waals surface area contributed by atoms with E-state index in [4.69, 9.17) is 9.26 Å². The maximum absolute atomic E-state index is 12.2. The van der Waals surface area contributed by atoms with Gasteiger partial charge in [-0.05, 0) is 39.8 Å². The lowest BCUT2D eigenvalue weighted by atomic mass is 10.2. The van der Waals surface area contributed by atoms with Gasteiger partial charge in [-0.15, -0.1) is 0 Å². The number of carbonyl (C=O) groups is 1. The number of aromatic nitrogens is 4. The summed E-state index contributed by atoms with van der Waals surface area (Å²) in [4.78, 5) is 35.0. The van der Waals surface area contributed by atoms with Crippen LogP contribution in [0.15, 0.2) is 27.5 Å². The van der Waals surface area contributed by atoms with Crippen LogP contribution in [0.1, 0.15) is 33.5 Å². The molecule has 0 saturated carbocycles. The predicted octanol–water partition coefficient (Wildman–Crippen LogP) is 2.70. The van der Waals surface area contributed by atoms with Crippen molar-refractivity contribution < 1.29 is 14.1 Å². The molecule has 2 heterocycles. The Bertz CT molecular complexity index is 1010. The van der Waals surface area contributed by atoms with Crippen molar-refractivity contribution in [1.29, 1.82) is 0 Å². The first-order valence-electron chi connectivity index (χ1n) is 8.64. The topological polar surface area (TPSA) is 117 Å². The number of carbonyl (C=O) groups excluding carboxylic acids is 1. The van der Waals surface area contributed by atoms with Gasteiger partial charge >= 0.3 is 11.8 Å². The van der Waals surface area contributed by atoms with E-state index < -0.39 is 11.7 Å². The number of fused-ring (bicyclic) bond motifs is 1. The van der Waals surface area contributed by atoms with Gasteiger partial charge in [0.05, 0.1) is 16.6 Å². The summed E-state index contributed by atoms with van der Waals surface area (Å²) in [6.07, 6.45) is -0.00724. The van der Waals surface area contributed by atoms with E-state index in [0.717, 1.165) is 0 Å². The third-order valence-corrected chi connectivity index (χ3v) is 4.07. The maximum atomic E-state index is 12.2. The average Bonchev–Trinajstić information content (AvgIpc) is 3.17. The molecule has 3 rings (SSSR count). The van der Waals surface area contributed by atoms with Gasteiger partial charge in [0, 0.05) is 19.5 Å². The Hall–Kier alpha value is -3.10. The summed E-state index contributed by atoms with van der Waals surface area (Å²) in [6.45, 7) is 7.34. The second-order valence-corrected chi connectivity index (χ2v) is 7.47. The number of likely N-dealkylation sites (N-methyl/N-ethyl adjacent to an activating group) is 1. The molecule has 2 aromatic heterocycles. The van der Waals surface area contributed by atoms with E-state index in [1.54, 1.807) is 25.2 Å². The maximum Gasteiger partial charge on any atom is 0.410 e. The van der Waals surface area contributed by atoms with Crippen LogP contribution in [-0.2, 0) is 11.2 Å². The van der Waals surface area contributed by atoms with Crippen LogP contribution < -0.4 is 5.69 Å². The molecule has 3 aromatic rings. The van der Waals surface area contributed by atoms with E-state index in [2.05, 4.69) is 20.1 Å². The quantitative estimate of drug-likeness (QED) is 0.726. The van der Waals surface area contributed by atoms with Crippen LogP contribution in [0.3, 0.4) is 0 Å². The van der Waals surface area contributed by atoms with Crippen LogP contribution in [0.4, 0.5) is 4.79 Å². The summed E-state index contributed by atoms with van der Waals surface area (Å²) in [7, 11) is 1.67. The highest BCUT2D eigenvalue weighted by Crippen LogP contribution is 2.24. The molecule has 0 spiro atoms. The molecule has 1 unspecified atom stereocenters. The molecule has 0 aliphatic carbocycles. The summed E-state index contributed by atoms with van der Waals surface area (Å²) in [5.74, 6) is 0.765. The van der Waals surface area contributed by atoms with Crippen molar-refractivity contribution in [3.8, 4) is 11.5 Å². The number of nitrogens with one attached hydrogen (secondary N) is 2. The Labute approximate surface area is 155 Å². The van der Waals surface area contributed by atoms with Crippen LogP contribution in [0, 0.1) is 0 Å². The van der Waals surface area contributed by atoms with E-state index in [-0.39, 0.29) is 11.7 Å². The molecule has 0 saturated heterocycles. The van der Waals surface area contributed by atoms with Crippen LogP contribution in [0.2, 0.25) is 0 Å². The summed E-state index contributed by atoms with van der Waals surface area (Å²) in [5.41, 5.74) is 1.05. The van der Waals surface area contributed by atoms with E-state index >= 15 is 0 Å². The Kier molecular flexibility index (Phi) is 4.77. The molecule has 9 nitrogen and oxygen atoms in total. The van der Waals surface area contributed by atoms with Gasteiger partial charge in [0.25, 0.3) is 5.89 Å². The first kappa shape index (κ1) is 18.7. The molecule has 0 fully saturated rings. The number of H-pyrrole nitrogens is 2. The number of rotatable bonds is 4.